The number of fused-ring (bicyclic) bond motifs is 2. The van der Waals surface area contributed by atoms with Crippen LogP contribution >= 0.6 is 0 Å². The highest BCUT2D eigenvalue weighted by molar-refractivity contribution is 5.80. The Labute approximate surface area is 142 Å². The summed E-state index contributed by atoms with van der Waals surface area (Å²) >= 11 is 0. The van der Waals surface area contributed by atoms with E-state index in [4.69, 9.17) is 4.74 Å². The molecule has 1 aliphatic heterocycles. The Bertz CT molecular complexity index is 660. The zero-order valence-corrected chi connectivity index (χ0v) is 14.3. The second-order valence-electron chi connectivity index (χ2n) is 7.31. The molecule has 128 valence electrons. The number of carbonyl (C=O) groups excluding carboxylic acids is 1. The molecular weight excluding hydrogens is 304 g/mol. The van der Waals surface area contributed by atoms with Gasteiger partial charge in [-0.3, -0.25) is 9.78 Å². The maximum Gasteiger partial charge on any atom is 0.234 e. The fourth-order valence-corrected chi connectivity index (χ4v) is 4.11. The Morgan fingerprint density at radius 3 is 2.88 bits per heavy atom. The number of amides is 1. The minimum Gasteiger partial charge on any atom is -0.471 e. The zero-order valence-electron chi connectivity index (χ0n) is 14.3. The average molecular weight is 328 g/mol. The molecule has 0 radical (unpaired) electrons. The molecule has 2 heterocycles. The third-order valence-corrected chi connectivity index (χ3v) is 5.40. The fourth-order valence-electron chi connectivity index (χ4n) is 4.11. The molecule has 4 atom stereocenters. The van der Waals surface area contributed by atoms with Crippen LogP contribution in [0.4, 0.5) is 5.82 Å². The fraction of sp³-hybridized carbons (Fsp3) is 0.611. The number of hydrogen-bond acceptors (Lipinski definition) is 5. The molecule has 4 unspecified atom stereocenters. The Balaban J connectivity index is 1.36. The monoisotopic (exact) mass is 328 g/mol. The lowest BCUT2D eigenvalue weighted by molar-refractivity contribution is -0.135. The number of ether oxygens (including phenoxy) is 1. The van der Waals surface area contributed by atoms with Crippen molar-refractivity contribution in [2.24, 2.45) is 17.8 Å². The van der Waals surface area contributed by atoms with Crippen LogP contribution in [0.5, 0.6) is 5.88 Å². The van der Waals surface area contributed by atoms with Crippen LogP contribution in [-0.2, 0) is 4.79 Å². The van der Waals surface area contributed by atoms with Gasteiger partial charge in [-0.1, -0.05) is 12.2 Å². The first kappa shape index (κ1) is 15.4. The van der Waals surface area contributed by atoms with Crippen LogP contribution in [0.2, 0.25) is 0 Å². The number of allylic oxidation sites excluding steroid dienone is 2. The summed E-state index contributed by atoms with van der Waals surface area (Å²) in [5, 5.41) is 0. The van der Waals surface area contributed by atoms with Gasteiger partial charge >= 0.3 is 0 Å². The smallest absolute Gasteiger partial charge is 0.234 e. The maximum atomic E-state index is 12.8. The van der Waals surface area contributed by atoms with Gasteiger partial charge in [-0.25, -0.2) is 0 Å². The van der Waals surface area contributed by atoms with Crippen LogP contribution in [0.25, 0.3) is 0 Å². The first-order valence-electron chi connectivity index (χ1n) is 8.73. The van der Waals surface area contributed by atoms with Crippen LogP contribution in [0, 0.1) is 17.8 Å². The van der Waals surface area contributed by atoms with Gasteiger partial charge in [-0.05, 0) is 24.7 Å². The van der Waals surface area contributed by atoms with Gasteiger partial charge in [0.2, 0.25) is 11.8 Å². The molecular formula is C18H24N4O2. The van der Waals surface area contributed by atoms with E-state index in [0.717, 1.165) is 31.6 Å². The highest BCUT2D eigenvalue weighted by Gasteiger charge is 2.42. The molecule has 6 heteroatoms. The molecule has 6 nitrogen and oxygen atoms in total. The largest absolute Gasteiger partial charge is 0.471 e. The van der Waals surface area contributed by atoms with E-state index in [1.165, 1.54) is 0 Å². The third-order valence-electron chi connectivity index (χ3n) is 5.40. The number of hydrogen-bond donors (Lipinski definition) is 0. The van der Waals surface area contributed by atoms with E-state index in [2.05, 4.69) is 22.1 Å². The minimum absolute atomic E-state index is 0.00907. The quantitative estimate of drug-likeness (QED) is 0.788. The van der Waals surface area contributed by atoms with Crippen molar-refractivity contribution in [3.05, 3.63) is 24.5 Å². The van der Waals surface area contributed by atoms with E-state index < -0.39 is 0 Å². The van der Waals surface area contributed by atoms with E-state index in [9.17, 15) is 4.79 Å². The third kappa shape index (κ3) is 2.85. The summed E-state index contributed by atoms with van der Waals surface area (Å²) in [5.41, 5.74) is 0. The van der Waals surface area contributed by atoms with Gasteiger partial charge in [-0.2, -0.15) is 4.98 Å². The molecule has 0 N–H and O–H groups in total. The second-order valence-corrected chi connectivity index (χ2v) is 7.31. The Hall–Kier alpha value is -2.11. The normalized spacial score (nSPS) is 30.8. The molecule has 4 rings (SSSR count). The van der Waals surface area contributed by atoms with E-state index in [0.29, 0.717) is 30.2 Å². The number of carbonyl (C=O) groups is 1. The van der Waals surface area contributed by atoms with Gasteiger partial charge in [0.05, 0.1) is 18.9 Å². The van der Waals surface area contributed by atoms with Crippen molar-refractivity contribution in [1.29, 1.82) is 0 Å². The topological polar surface area (TPSA) is 58.6 Å². The van der Waals surface area contributed by atoms with Crippen molar-refractivity contribution in [1.82, 2.24) is 14.9 Å². The zero-order chi connectivity index (χ0) is 16.7. The molecule has 1 saturated heterocycles. The maximum absolute atomic E-state index is 12.8. The summed E-state index contributed by atoms with van der Waals surface area (Å²) < 4.78 is 5.96. The summed E-state index contributed by atoms with van der Waals surface area (Å²) in [6, 6.07) is 0. The van der Waals surface area contributed by atoms with Gasteiger partial charge < -0.3 is 14.5 Å². The lowest BCUT2D eigenvalue weighted by Crippen LogP contribution is -2.37. The Morgan fingerprint density at radius 2 is 2.17 bits per heavy atom. The molecule has 3 aliphatic rings. The van der Waals surface area contributed by atoms with Crippen LogP contribution in [0.3, 0.4) is 0 Å². The Kier molecular flexibility index (Phi) is 3.90. The molecule has 24 heavy (non-hydrogen) atoms. The van der Waals surface area contributed by atoms with Crippen molar-refractivity contribution < 1.29 is 9.53 Å². The molecule has 2 bridgehead atoms. The first-order valence-corrected chi connectivity index (χ1v) is 8.73. The summed E-state index contributed by atoms with van der Waals surface area (Å²) in [6.07, 6.45) is 10.9. The summed E-state index contributed by atoms with van der Waals surface area (Å²) in [6.45, 7) is 1.44. The molecule has 1 amide bonds. The molecule has 1 aromatic heterocycles. The standard InChI is InChI=1S/C18H24N4O2/c1-21(2)16-9-19-10-17(20-16)24-14-5-6-22(11-14)18(23)15-8-12-3-4-13(15)7-12/h3-4,9-10,12-15H,5-8,11H2,1-2H3. The second kappa shape index (κ2) is 6.07. The number of anilines is 1. The van der Waals surface area contributed by atoms with E-state index in [1.807, 2.05) is 23.9 Å². The van der Waals surface area contributed by atoms with Gasteiger partial charge in [0.1, 0.15) is 6.10 Å². The molecule has 0 aromatic carbocycles. The van der Waals surface area contributed by atoms with Crippen LogP contribution in [-0.4, -0.2) is 54.1 Å². The van der Waals surface area contributed by atoms with Crippen molar-refractivity contribution in [3.8, 4) is 5.88 Å². The lowest BCUT2D eigenvalue weighted by Gasteiger charge is -2.24. The van der Waals surface area contributed by atoms with Crippen molar-refractivity contribution >= 4 is 11.7 Å². The molecule has 1 aromatic rings. The summed E-state index contributed by atoms with van der Waals surface area (Å²) in [5.74, 6) is 2.89. The number of nitrogens with zero attached hydrogens (tertiary/aromatic N) is 4. The van der Waals surface area contributed by atoms with Gasteiger partial charge in [0.15, 0.2) is 5.82 Å². The lowest BCUT2D eigenvalue weighted by atomic mass is 9.92. The molecule has 2 aliphatic carbocycles. The van der Waals surface area contributed by atoms with Gasteiger partial charge in [0.25, 0.3) is 0 Å². The number of likely N-dealkylation sites (tertiary alicyclic amines) is 1. The van der Waals surface area contributed by atoms with Gasteiger partial charge in [0, 0.05) is 33.0 Å². The predicted molar refractivity (Wildman–Crippen MR) is 90.8 cm³/mol. The van der Waals surface area contributed by atoms with Crippen molar-refractivity contribution in [2.45, 2.75) is 25.4 Å². The predicted octanol–water partition coefficient (Wildman–Crippen LogP) is 1.73. The number of rotatable bonds is 4. The van der Waals surface area contributed by atoms with Gasteiger partial charge in [-0.15, -0.1) is 0 Å². The van der Waals surface area contributed by atoms with Crippen LogP contribution < -0.4 is 9.64 Å². The minimum atomic E-state index is 0.00907. The first-order chi connectivity index (χ1) is 11.6. The molecule has 2 fully saturated rings. The van der Waals surface area contributed by atoms with Crippen LogP contribution in [0.15, 0.2) is 24.5 Å². The SMILES string of the molecule is CN(C)c1cncc(OC2CCN(C(=O)C3CC4C=CC3C4)C2)n1. The van der Waals surface area contributed by atoms with E-state index >= 15 is 0 Å². The van der Waals surface area contributed by atoms with E-state index in [-0.39, 0.29) is 12.0 Å². The summed E-state index contributed by atoms with van der Waals surface area (Å²) in [7, 11) is 3.85. The highest BCUT2D eigenvalue weighted by Crippen LogP contribution is 2.44. The summed E-state index contributed by atoms with van der Waals surface area (Å²) in [4.78, 5) is 25.3. The molecule has 1 saturated carbocycles. The Morgan fingerprint density at radius 1 is 1.29 bits per heavy atom. The van der Waals surface area contributed by atoms with Crippen LogP contribution in [0.1, 0.15) is 19.3 Å². The van der Waals surface area contributed by atoms with E-state index in [1.54, 1.807) is 12.4 Å². The molecule has 0 spiro atoms. The highest BCUT2D eigenvalue weighted by atomic mass is 16.5. The average Bonchev–Trinajstić information content (AvgIpc) is 3.31. The number of aromatic nitrogens is 2. The van der Waals surface area contributed by atoms with Crippen molar-refractivity contribution in [3.63, 3.8) is 0 Å². The van der Waals surface area contributed by atoms with Crippen molar-refractivity contribution in [2.75, 3.05) is 32.1 Å².